The zero-order chi connectivity index (χ0) is 18.5. The van der Waals surface area contributed by atoms with Gasteiger partial charge in [0.15, 0.2) is 0 Å². The van der Waals surface area contributed by atoms with Crippen LogP contribution in [0.4, 0.5) is 0 Å². The zero-order valence-corrected chi connectivity index (χ0v) is 15.4. The average molecular weight is 357 g/mol. The first kappa shape index (κ1) is 17.3. The lowest BCUT2D eigenvalue weighted by Crippen LogP contribution is -2.14. The third-order valence-electron chi connectivity index (χ3n) is 4.53. The van der Waals surface area contributed by atoms with Crippen LogP contribution in [0.1, 0.15) is 22.5 Å². The summed E-state index contributed by atoms with van der Waals surface area (Å²) in [4.78, 5) is 7.94. The van der Waals surface area contributed by atoms with E-state index in [9.17, 15) is 0 Å². The molecule has 1 heterocycles. The molecule has 0 aliphatic carbocycles. The van der Waals surface area contributed by atoms with Crippen LogP contribution in [-0.4, -0.2) is 9.97 Å². The van der Waals surface area contributed by atoms with Gasteiger partial charge in [0.25, 0.3) is 0 Å². The molecule has 0 aliphatic heterocycles. The van der Waals surface area contributed by atoms with Gasteiger partial charge in [-0.2, -0.15) is 0 Å². The molecule has 1 aromatic heterocycles. The van der Waals surface area contributed by atoms with Crippen molar-refractivity contribution < 1.29 is 4.74 Å². The number of para-hydroxylation sites is 3. The molecule has 0 unspecified atom stereocenters. The summed E-state index contributed by atoms with van der Waals surface area (Å²) in [6, 6.07) is 24.7. The Hall–Kier alpha value is -3.11. The minimum atomic E-state index is 0.570. The van der Waals surface area contributed by atoms with Crippen molar-refractivity contribution >= 4 is 11.0 Å². The van der Waals surface area contributed by atoms with E-state index in [0.717, 1.165) is 34.7 Å². The molecule has 4 heteroatoms. The number of hydrogen-bond acceptors (Lipinski definition) is 3. The van der Waals surface area contributed by atoms with Crippen molar-refractivity contribution in [3.63, 3.8) is 0 Å². The number of ether oxygens (including phenoxy) is 1. The molecule has 0 aliphatic rings. The molecular weight excluding hydrogens is 334 g/mol. The molecule has 4 rings (SSSR count). The lowest BCUT2D eigenvalue weighted by Gasteiger charge is -2.12. The van der Waals surface area contributed by atoms with Crippen LogP contribution in [0.25, 0.3) is 11.0 Å². The summed E-state index contributed by atoms with van der Waals surface area (Å²) >= 11 is 0. The first-order valence-corrected chi connectivity index (χ1v) is 9.18. The number of nitrogens with zero attached hydrogens (tertiary/aromatic N) is 1. The zero-order valence-electron chi connectivity index (χ0n) is 15.4. The van der Waals surface area contributed by atoms with Crippen molar-refractivity contribution in [1.29, 1.82) is 0 Å². The third-order valence-corrected chi connectivity index (χ3v) is 4.53. The predicted octanol–water partition coefficient (Wildman–Crippen LogP) is 4.74. The Morgan fingerprint density at radius 3 is 2.52 bits per heavy atom. The SMILES string of the molecule is Cc1ccc(COc2ccccc2CNCc2nc3ccccc3[nH]2)cc1. The van der Waals surface area contributed by atoms with Gasteiger partial charge < -0.3 is 15.0 Å². The topological polar surface area (TPSA) is 49.9 Å². The Labute approximate surface area is 159 Å². The molecule has 0 bridgehead atoms. The number of aryl methyl sites for hydroxylation is 1. The van der Waals surface area contributed by atoms with E-state index in [2.05, 4.69) is 52.5 Å². The molecule has 0 saturated carbocycles. The van der Waals surface area contributed by atoms with Crippen molar-refractivity contribution in [2.75, 3.05) is 0 Å². The Kier molecular flexibility index (Phi) is 5.17. The molecule has 0 atom stereocenters. The van der Waals surface area contributed by atoms with Crippen molar-refractivity contribution in [3.8, 4) is 5.75 Å². The van der Waals surface area contributed by atoms with E-state index in [1.165, 1.54) is 11.1 Å². The quantitative estimate of drug-likeness (QED) is 0.502. The van der Waals surface area contributed by atoms with Gasteiger partial charge in [-0.15, -0.1) is 0 Å². The highest BCUT2D eigenvalue weighted by Crippen LogP contribution is 2.19. The third kappa shape index (κ3) is 4.36. The maximum absolute atomic E-state index is 6.05. The van der Waals surface area contributed by atoms with E-state index in [-0.39, 0.29) is 0 Å². The standard InChI is InChI=1S/C23H23N3O/c1-17-10-12-18(13-11-17)16-27-22-9-5-2-6-19(22)14-24-15-23-25-20-7-3-4-8-21(20)26-23/h2-13,24H,14-16H2,1H3,(H,25,26). The second-order valence-electron chi connectivity index (χ2n) is 6.69. The average Bonchev–Trinajstić information content (AvgIpc) is 3.11. The van der Waals surface area contributed by atoms with Crippen LogP contribution in [0.5, 0.6) is 5.75 Å². The Morgan fingerprint density at radius 1 is 0.889 bits per heavy atom. The van der Waals surface area contributed by atoms with E-state index in [0.29, 0.717) is 13.2 Å². The van der Waals surface area contributed by atoms with Gasteiger partial charge in [-0.25, -0.2) is 4.98 Å². The van der Waals surface area contributed by atoms with Gasteiger partial charge in [0.1, 0.15) is 18.2 Å². The van der Waals surface area contributed by atoms with Crippen molar-refractivity contribution in [2.24, 2.45) is 0 Å². The monoisotopic (exact) mass is 357 g/mol. The van der Waals surface area contributed by atoms with Crippen molar-refractivity contribution in [3.05, 3.63) is 95.3 Å². The molecule has 2 N–H and O–H groups in total. The molecule has 27 heavy (non-hydrogen) atoms. The second-order valence-corrected chi connectivity index (χ2v) is 6.69. The second kappa shape index (κ2) is 8.06. The minimum Gasteiger partial charge on any atom is -0.489 e. The largest absolute Gasteiger partial charge is 0.489 e. The van der Waals surface area contributed by atoms with E-state index >= 15 is 0 Å². The molecule has 3 aromatic carbocycles. The van der Waals surface area contributed by atoms with Gasteiger partial charge in [-0.3, -0.25) is 0 Å². The molecule has 136 valence electrons. The number of benzene rings is 3. The maximum atomic E-state index is 6.05. The number of H-pyrrole nitrogens is 1. The number of aromatic nitrogens is 2. The molecule has 4 aromatic rings. The Morgan fingerprint density at radius 2 is 1.67 bits per heavy atom. The Balaban J connectivity index is 1.36. The van der Waals surface area contributed by atoms with Crippen LogP contribution in [0.15, 0.2) is 72.8 Å². The fraction of sp³-hybridized carbons (Fsp3) is 0.174. The van der Waals surface area contributed by atoms with Crippen LogP contribution in [0.3, 0.4) is 0 Å². The van der Waals surface area contributed by atoms with Gasteiger partial charge >= 0.3 is 0 Å². The first-order valence-electron chi connectivity index (χ1n) is 9.18. The summed E-state index contributed by atoms with van der Waals surface area (Å²) in [5, 5.41) is 3.45. The summed E-state index contributed by atoms with van der Waals surface area (Å²) in [5.74, 6) is 1.85. The number of rotatable bonds is 7. The van der Waals surface area contributed by atoms with Gasteiger partial charge in [0.2, 0.25) is 0 Å². The molecule has 0 spiro atoms. The number of nitrogens with one attached hydrogen (secondary N) is 2. The molecule has 0 amide bonds. The van der Waals surface area contributed by atoms with E-state index in [4.69, 9.17) is 4.74 Å². The summed E-state index contributed by atoms with van der Waals surface area (Å²) < 4.78 is 6.05. The number of hydrogen-bond donors (Lipinski definition) is 2. The summed E-state index contributed by atoms with van der Waals surface area (Å²) in [6.45, 7) is 4.07. The Bertz CT molecular complexity index is 988. The van der Waals surface area contributed by atoms with Gasteiger partial charge in [-0.1, -0.05) is 60.2 Å². The summed E-state index contributed by atoms with van der Waals surface area (Å²) in [5.41, 5.74) is 5.63. The number of imidazole rings is 1. The smallest absolute Gasteiger partial charge is 0.124 e. The van der Waals surface area contributed by atoms with Crippen LogP contribution in [0, 0.1) is 6.92 Å². The lowest BCUT2D eigenvalue weighted by atomic mass is 10.1. The van der Waals surface area contributed by atoms with E-state index in [1.807, 2.05) is 42.5 Å². The number of fused-ring (bicyclic) bond motifs is 1. The summed E-state index contributed by atoms with van der Waals surface area (Å²) in [7, 11) is 0. The highest BCUT2D eigenvalue weighted by molar-refractivity contribution is 5.74. The lowest BCUT2D eigenvalue weighted by molar-refractivity contribution is 0.302. The van der Waals surface area contributed by atoms with Crippen molar-refractivity contribution in [1.82, 2.24) is 15.3 Å². The molecule has 0 fully saturated rings. The maximum Gasteiger partial charge on any atom is 0.124 e. The van der Waals surface area contributed by atoms with Crippen LogP contribution in [0.2, 0.25) is 0 Å². The van der Waals surface area contributed by atoms with E-state index < -0.39 is 0 Å². The van der Waals surface area contributed by atoms with Gasteiger partial charge in [0, 0.05) is 12.1 Å². The normalized spacial score (nSPS) is 11.0. The van der Waals surface area contributed by atoms with Crippen LogP contribution >= 0.6 is 0 Å². The molecular formula is C23H23N3O. The van der Waals surface area contributed by atoms with Crippen molar-refractivity contribution in [2.45, 2.75) is 26.6 Å². The minimum absolute atomic E-state index is 0.570. The summed E-state index contributed by atoms with van der Waals surface area (Å²) in [6.07, 6.45) is 0. The molecule has 4 nitrogen and oxygen atoms in total. The van der Waals surface area contributed by atoms with Gasteiger partial charge in [0.05, 0.1) is 17.6 Å². The fourth-order valence-electron chi connectivity index (χ4n) is 3.04. The van der Waals surface area contributed by atoms with Crippen LogP contribution < -0.4 is 10.1 Å². The van der Waals surface area contributed by atoms with E-state index in [1.54, 1.807) is 0 Å². The number of aromatic amines is 1. The predicted molar refractivity (Wildman–Crippen MR) is 109 cm³/mol. The molecule has 0 saturated heterocycles. The van der Waals surface area contributed by atoms with Crippen LogP contribution in [-0.2, 0) is 19.7 Å². The highest BCUT2D eigenvalue weighted by Gasteiger charge is 2.05. The van der Waals surface area contributed by atoms with Gasteiger partial charge in [-0.05, 0) is 30.7 Å². The highest BCUT2D eigenvalue weighted by atomic mass is 16.5. The first-order chi connectivity index (χ1) is 13.3. The fourth-order valence-corrected chi connectivity index (χ4v) is 3.04. The molecule has 0 radical (unpaired) electrons.